The zero-order valence-electron chi connectivity index (χ0n) is 23.4. The van der Waals surface area contributed by atoms with Crippen molar-refractivity contribution in [1.29, 1.82) is 0 Å². The second kappa shape index (κ2) is 15.6. The van der Waals surface area contributed by atoms with E-state index in [0.717, 1.165) is 31.5 Å². The molecule has 0 N–H and O–H groups in total. The van der Waals surface area contributed by atoms with Gasteiger partial charge < -0.3 is 9.47 Å². The van der Waals surface area contributed by atoms with Crippen molar-refractivity contribution in [1.82, 2.24) is 24.4 Å². The highest BCUT2D eigenvalue weighted by Gasteiger charge is 2.28. The van der Waals surface area contributed by atoms with Gasteiger partial charge in [0.1, 0.15) is 11.3 Å². The van der Waals surface area contributed by atoms with E-state index in [1.165, 1.54) is 57.8 Å². The number of aromatic nitrogens is 4. The van der Waals surface area contributed by atoms with Crippen LogP contribution in [0.5, 0.6) is 0 Å². The van der Waals surface area contributed by atoms with E-state index in [-0.39, 0.29) is 16.2 Å². The van der Waals surface area contributed by atoms with Gasteiger partial charge in [-0.3, -0.25) is 4.79 Å². The number of aryl methyl sites for hydroxylation is 2. The average Bonchev–Trinajstić information content (AvgIpc) is 3.14. The van der Waals surface area contributed by atoms with Gasteiger partial charge in [0.15, 0.2) is 20.5 Å². The van der Waals surface area contributed by atoms with Gasteiger partial charge in [0, 0.05) is 27.1 Å². The van der Waals surface area contributed by atoms with Gasteiger partial charge in [0.2, 0.25) is 11.2 Å². The lowest BCUT2D eigenvalue weighted by molar-refractivity contribution is -0.128. The van der Waals surface area contributed by atoms with Crippen molar-refractivity contribution < 1.29 is 13.2 Å². The number of carbonyl (C=O) groups is 1. The van der Waals surface area contributed by atoms with Crippen molar-refractivity contribution >= 4 is 38.5 Å². The molecule has 0 aliphatic rings. The molecule has 0 atom stereocenters. The molecule has 0 bridgehead atoms. The van der Waals surface area contributed by atoms with Gasteiger partial charge in [-0.15, -0.1) is 0 Å². The van der Waals surface area contributed by atoms with Gasteiger partial charge >= 0.3 is 0 Å². The third-order valence-electron chi connectivity index (χ3n) is 6.90. The van der Waals surface area contributed by atoms with Crippen LogP contribution in [-0.4, -0.2) is 58.1 Å². The molecule has 210 valence electrons. The minimum atomic E-state index is -3.61. The van der Waals surface area contributed by atoms with Crippen molar-refractivity contribution in [3.8, 4) is 0 Å². The minimum Gasteiger partial charge on any atom is -0.349 e. The Hall–Kier alpha value is -1.74. The highest BCUT2D eigenvalue weighted by atomic mass is 35.5. The predicted molar refractivity (Wildman–Crippen MR) is 151 cm³/mol. The van der Waals surface area contributed by atoms with Crippen LogP contribution in [0, 0.1) is 6.92 Å². The van der Waals surface area contributed by atoms with Gasteiger partial charge in [-0.05, 0) is 45.2 Å². The molecule has 0 aromatic carbocycles. The van der Waals surface area contributed by atoms with Crippen molar-refractivity contribution in [2.75, 3.05) is 14.1 Å². The number of hydrogen-bond donors (Lipinski definition) is 0. The molecule has 2 aromatic rings. The number of unbranched alkanes of at least 4 members (excludes halogenated alkanes) is 12. The number of carbonyl (C=O) groups excluding carboxylic acids is 1. The molecule has 0 unspecified atom stereocenters. The van der Waals surface area contributed by atoms with E-state index >= 15 is 0 Å². The summed E-state index contributed by atoms with van der Waals surface area (Å²) in [5.41, 5.74) is 0.814. The van der Waals surface area contributed by atoms with Gasteiger partial charge in [-0.1, -0.05) is 70.6 Å². The van der Waals surface area contributed by atoms with Crippen molar-refractivity contribution in [2.24, 2.45) is 0 Å². The lowest BCUT2D eigenvalue weighted by Crippen LogP contribution is -2.20. The molecule has 0 fully saturated rings. The largest absolute Gasteiger partial charge is 0.349 e. The zero-order valence-corrected chi connectivity index (χ0v) is 25.0. The topological polar surface area (TPSA) is 98.0 Å². The summed E-state index contributed by atoms with van der Waals surface area (Å²) >= 11 is 6.01. The summed E-state index contributed by atoms with van der Waals surface area (Å²) in [7, 11) is 0.0255. The van der Waals surface area contributed by atoms with Crippen LogP contribution < -0.4 is 0 Å². The van der Waals surface area contributed by atoms with Gasteiger partial charge in [0.25, 0.3) is 0 Å². The quantitative estimate of drug-likeness (QED) is 0.118. The molecule has 1 amide bonds. The predicted octanol–water partition coefficient (Wildman–Crippen LogP) is 6.52. The SMILES string of the molecule is Cc1nc2nc(Cl)nc(S(=O)(=O)C(C)C)c2n1CCCCCCCCCCCCCCCC(=O)N(C)C. The van der Waals surface area contributed by atoms with Crippen LogP contribution in [0.4, 0.5) is 0 Å². The molecule has 0 aliphatic carbocycles. The Morgan fingerprint density at radius 1 is 0.838 bits per heavy atom. The van der Waals surface area contributed by atoms with Crippen LogP contribution in [0.25, 0.3) is 11.2 Å². The van der Waals surface area contributed by atoms with E-state index in [1.54, 1.807) is 18.7 Å². The van der Waals surface area contributed by atoms with Crippen LogP contribution in [-0.2, 0) is 21.2 Å². The first-order valence-corrected chi connectivity index (χ1v) is 15.8. The summed E-state index contributed by atoms with van der Waals surface area (Å²) in [4.78, 5) is 25.9. The molecule has 0 saturated carbocycles. The summed E-state index contributed by atoms with van der Waals surface area (Å²) < 4.78 is 27.7. The third kappa shape index (κ3) is 9.82. The van der Waals surface area contributed by atoms with Crippen molar-refractivity contribution in [3.05, 3.63) is 11.1 Å². The van der Waals surface area contributed by atoms with Crippen LogP contribution in [0.15, 0.2) is 5.03 Å². The van der Waals surface area contributed by atoms with E-state index in [9.17, 15) is 13.2 Å². The smallest absolute Gasteiger partial charge is 0.225 e. The van der Waals surface area contributed by atoms with E-state index in [0.29, 0.717) is 24.1 Å². The number of amides is 1. The second-order valence-corrected chi connectivity index (χ2v) is 13.3. The average molecular weight is 556 g/mol. The second-order valence-electron chi connectivity index (χ2n) is 10.5. The molecular formula is C27H46ClN5O3S. The molecular weight excluding hydrogens is 510 g/mol. The molecule has 8 nitrogen and oxygen atoms in total. The Morgan fingerprint density at radius 2 is 1.32 bits per heavy atom. The minimum absolute atomic E-state index is 0.0162. The van der Waals surface area contributed by atoms with Crippen LogP contribution in [0.3, 0.4) is 0 Å². The fourth-order valence-electron chi connectivity index (χ4n) is 4.50. The maximum Gasteiger partial charge on any atom is 0.225 e. The van der Waals surface area contributed by atoms with Crippen LogP contribution >= 0.6 is 11.6 Å². The lowest BCUT2D eigenvalue weighted by atomic mass is 10.0. The molecule has 10 heteroatoms. The molecule has 0 spiro atoms. The lowest BCUT2D eigenvalue weighted by Gasteiger charge is -2.12. The first-order chi connectivity index (χ1) is 17.6. The summed E-state index contributed by atoms with van der Waals surface area (Å²) in [5, 5.41) is -0.711. The highest BCUT2D eigenvalue weighted by Crippen LogP contribution is 2.26. The number of nitrogens with zero attached hydrogens (tertiary/aromatic N) is 5. The zero-order chi connectivity index (χ0) is 27.4. The van der Waals surface area contributed by atoms with Gasteiger partial charge in [0.05, 0.1) is 5.25 Å². The Morgan fingerprint density at radius 3 is 1.81 bits per heavy atom. The Labute approximate surface area is 228 Å². The standard InChI is InChI=1S/C27H46ClN5O3S/c1-21(2)37(35,36)26-24-25(30-27(28)31-26)29-22(3)33(24)20-18-16-14-12-10-8-6-7-9-11-13-15-17-19-23(34)32(4)5/h21H,6-20H2,1-5H3. The number of imidazole rings is 1. The van der Waals surface area contributed by atoms with E-state index < -0.39 is 15.1 Å². The monoisotopic (exact) mass is 555 g/mol. The molecule has 2 aromatic heterocycles. The van der Waals surface area contributed by atoms with E-state index in [1.807, 2.05) is 25.6 Å². The number of rotatable bonds is 18. The third-order valence-corrected chi connectivity index (χ3v) is 9.13. The fraction of sp³-hybridized carbons (Fsp3) is 0.778. The Bertz CT molecular complexity index is 1100. The maximum atomic E-state index is 12.9. The number of fused-ring (bicyclic) bond motifs is 1. The van der Waals surface area contributed by atoms with E-state index in [2.05, 4.69) is 15.0 Å². The number of sulfone groups is 1. The highest BCUT2D eigenvalue weighted by molar-refractivity contribution is 7.92. The molecule has 37 heavy (non-hydrogen) atoms. The first-order valence-electron chi connectivity index (χ1n) is 13.9. The van der Waals surface area contributed by atoms with Gasteiger partial charge in [-0.25, -0.2) is 18.4 Å². The molecule has 0 radical (unpaired) electrons. The number of halogens is 1. The summed E-state index contributed by atoms with van der Waals surface area (Å²) in [5.74, 6) is 0.963. The van der Waals surface area contributed by atoms with Crippen LogP contribution in [0.1, 0.15) is 110 Å². The summed E-state index contributed by atoms with van der Waals surface area (Å²) in [6.07, 6.45) is 16.3. The molecule has 2 rings (SSSR count). The first kappa shape index (κ1) is 31.5. The number of hydrogen-bond acceptors (Lipinski definition) is 6. The Balaban J connectivity index is 1.63. The molecule has 0 aliphatic heterocycles. The van der Waals surface area contributed by atoms with Crippen molar-refractivity contribution in [2.45, 2.75) is 127 Å². The van der Waals surface area contributed by atoms with Crippen molar-refractivity contribution in [3.63, 3.8) is 0 Å². The normalized spacial score (nSPS) is 12.1. The van der Waals surface area contributed by atoms with Crippen LogP contribution in [0.2, 0.25) is 5.28 Å². The summed E-state index contributed by atoms with van der Waals surface area (Å²) in [6.45, 7) is 5.85. The summed E-state index contributed by atoms with van der Waals surface area (Å²) in [6, 6.07) is 0. The molecule has 2 heterocycles. The fourth-order valence-corrected chi connectivity index (χ4v) is 5.84. The molecule has 0 saturated heterocycles. The van der Waals surface area contributed by atoms with E-state index in [4.69, 9.17) is 11.6 Å². The van der Waals surface area contributed by atoms with Gasteiger partial charge in [-0.2, -0.15) is 4.98 Å². The maximum absolute atomic E-state index is 12.9. The Kier molecular flexibility index (Phi) is 13.3.